The van der Waals surface area contributed by atoms with Gasteiger partial charge in [0.25, 0.3) is 0 Å². The van der Waals surface area contributed by atoms with Crippen LogP contribution in [0.3, 0.4) is 0 Å². The molecule has 1 aromatic rings. The van der Waals surface area contributed by atoms with Gasteiger partial charge >= 0.3 is 0 Å². The van der Waals surface area contributed by atoms with Crippen molar-refractivity contribution in [3.05, 3.63) is 41.0 Å². The third kappa shape index (κ3) is 1.79. The van der Waals surface area contributed by atoms with Crippen LogP contribution in [0.2, 0.25) is 0 Å². The summed E-state index contributed by atoms with van der Waals surface area (Å²) in [6, 6.07) is 4.55. The van der Waals surface area contributed by atoms with Gasteiger partial charge in [-0.1, -0.05) is 18.2 Å². The highest BCUT2D eigenvalue weighted by molar-refractivity contribution is 5.67. The van der Waals surface area contributed by atoms with E-state index >= 15 is 0 Å². The second-order valence-corrected chi connectivity index (χ2v) is 4.58. The van der Waals surface area contributed by atoms with Gasteiger partial charge in [-0.05, 0) is 43.9 Å². The van der Waals surface area contributed by atoms with Gasteiger partial charge in [-0.3, -0.25) is 0 Å². The molecule has 1 aliphatic rings. The van der Waals surface area contributed by atoms with Gasteiger partial charge in [0, 0.05) is 24.9 Å². The molecule has 0 atom stereocenters. The van der Waals surface area contributed by atoms with Crippen LogP contribution in [0.25, 0.3) is 5.70 Å². The van der Waals surface area contributed by atoms with E-state index in [9.17, 15) is 0 Å². The lowest BCUT2D eigenvalue weighted by Gasteiger charge is -2.20. The Balaban J connectivity index is 2.58. The first-order valence-corrected chi connectivity index (χ1v) is 5.60. The maximum absolute atomic E-state index is 4.20. The van der Waals surface area contributed by atoms with Crippen molar-refractivity contribution in [1.29, 1.82) is 0 Å². The quantitative estimate of drug-likeness (QED) is 0.623. The van der Waals surface area contributed by atoms with Crippen LogP contribution < -0.4 is 0 Å². The Morgan fingerprint density at radius 3 is 2.73 bits per heavy atom. The molecule has 1 nitrogen and oxygen atoms in total. The first kappa shape index (κ1) is 10.3. The van der Waals surface area contributed by atoms with Crippen LogP contribution in [0.4, 0.5) is 0 Å². The van der Waals surface area contributed by atoms with Crippen molar-refractivity contribution in [3.63, 3.8) is 0 Å². The summed E-state index contributed by atoms with van der Waals surface area (Å²) in [5, 5.41) is 0. The number of rotatable bonds is 0. The average molecular weight is 201 g/mol. The molecule has 0 unspecified atom stereocenters. The summed E-state index contributed by atoms with van der Waals surface area (Å²) in [6.07, 6.45) is 2.41. The van der Waals surface area contributed by atoms with Gasteiger partial charge in [-0.25, -0.2) is 0 Å². The Morgan fingerprint density at radius 2 is 2.00 bits per heavy atom. The van der Waals surface area contributed by atoms with E-state index in [2.05, 4.69) is 44.5 Å². The lowest BCUT2D eigenvalue weighted by atomic mass is 9.95. The molecule has 0 N–H and O–H groups in total. The summed E-state index contributed by atoms with van der Waals surface area (Å²) >= 11 is 0. The Labute approximate surface area is 92.4 Å². The average Bonchev–Trinajstić information content (AvgIpc) is 2.30. The summed E-state index contributed by atoms with van der Waals surface area (Å²) < 4.78 is 0. The Kier molecular flexibility index (Phi) is 2.56. The fraction of sp³-hybridized carbons (Fsp3) is 0.429. The fourth-order valence-corrected chi connectivity index (χ4v) is 2.42. The number of nitrogens with zero attached hydrogens (tertiary/aromatic N) is 1. The van der Waals surface area contributed by atoms with Gasteiger partial charge in [0.15, 0.2) is 0 Å². The molecule has 0 bridgehead atoms. The molecule has 15 heavy (non-hydrogen) atoms. The summed E-state index contributed by atoms with van der Waals surface area (Å²) in [5.74, 6) is 0. The van der Waals surface area contributed by atoms with E-state index in [4.69, 9.17) is 0 Å². The van der Waals surface area contributed by atoms with Gasteiger partial charge in [0.05, 0.1) is 0 Å². The zero-order valence-electron chi connectivity index (χ0n) is 9.93. The third-order valence-electron chi connectivity index (χ3n) is 3.31. The minimum absolute atomic E-state index is 1.12. The lowest BCUT2D eigenvalue weighted by Crippen LogP contribution is -2.15. The maximum Gasteiger partial charge on any atom is 0.0367 e. The largest absolute Gasteiger partial charge is 0.375 e. The van der Waals surface area contributed by atoms with Gasteiger partial charge in [0.1, 0.15) is 0 Å². The SMILES string of the molecule is C=C1c2cc(C)cc(C)c2CCCN1C. The number of hydrogen-bond donors (Lipinski definition) is 0. The number of benzene rings is 1. The molecular formula is C14H19N. The van der Waals surface area contributed by atoms with Crippen LogP contribution in [0.1, 0.15) is 28.7 Å². The van der Waals surface area contributed by atoms with Crippen LogP contribution in [0, 0.1) is 13.8 Å². The van der Waals surface area contributed by atoms with Gasteiger partial charge < -0.3 is 4.90 Å². The van der Waals surface area contributed by atoms with E-state index in [1.807, 2.05) is 0 Å². The van der Waals surface area contributed by atoms with Crippen LogP contribution in [-0.4, -0.2) is 18.5 Å². The topological polar surface area (TPSA) is 3.24 Å². The van der Waals surface area contributed by atoms with Crippen molar-refractivity contribution < 1.29 is 0 Å². The second-order valence-electron chi connectivity index (χ2n) is 4.58. The Hall–Kier alpha value is -1.24. The third-order valence-corrected chi connectivity index (χ3v) is 3.31. The van der Waals surface area contributed by atoms with Crippen molar-refractivity contribution >= 4 is 5.70 Å². The molecule has 1 aliphatic heterocycles. The number of fused-ring (bicyclic) bond motifs is 1. The zero-order valence-corrected chi connectivity index (χ0v) is 9.93. The van der Waals surface area contributed by atoms with Crippen molar-refractivity contribution in [2.75, 3.05) is 13.6 Å². The first-order valence-electron chi connectivity index (χ1n) is 5.60. The highest BCUT2D eigenvalue weighted by Crippen LogP contribution is 2.28. The smallest absolute Gasteiger partial charge is 0.0367 e. The van der Waals surface area contributed by atoms with Gasteiger partial charge in [-0.15, -0.1) is 0 Å². The first-order chi connectivity index (χ1) is 7.09. The van der Waals surface area contributed by atoms with Crippen molar-refractivity contribution in [2.24, 2.45) is 0 Å². The molecule has 1 heterocycles. The summed E-state index contributed by atoms with van der Waals surface area (Å²) in [6.45, 7) is 9.69. The van der Waals surface area contributed by atoms with Crippen LogP contribution in [0.15, 0.2) is 18.7 Å². The van der Waals surface area contributed by atoms with Crippen LogP contribution >= 0.6 is 0 Å². The van der Waals surface area contributed by atoms with E-state index in [-0.39, 0.29) is 0 Å². The molecule has 80 valence electrons. The van der Waals surface area contributed by atoms with Crippen molar-refractivity contribution in [1.82, 2.24) is 4.90 Å². The zero-order chi connectivity index (χ0) is 11.0. The molecule has 0 spiro atoms. The molecule has 2 rings (SSSR count). The fourth-order valence-electron chi connectivity index (χ4n) is 2.42. The normalized spacial score (nSPS) is 16.2. The van der Waals surface area contributed by atoms with Gasteiger partial charge in [-0.2, -0.15) is 0 Å². The van der Waals surface area contributed by atoms with E-state index < -0.39 is 0 Å². The Bertz CT molecular complexity index is 404. The Morgan fingerprint density at radius 1 is 1.27 bits per heavy atom. The molecule has 1 heteroatoms. The monoisotopic (exact) mass is 201 g/mol. The van der Waals surface area contributed by atoms with Crippen LogP contribution in [0.5, 0.6) is 0 Å². The van der Waals surface area contributed by atoms with E-state index in [0.29, 0.717) is 0 Å². The molecule has 0 aliphatic carbocycles. The highest BCUT2D eigenvalue weighted by Gasteiger charge is 2.16. The summed E-state index contributed by atoms with van der Waals surface area (Å²) in [7, 11) is 2.13. The maximum atomic E-state index is 4.20. The predicted molar refractivity (Wildman–Crippen MR) is 65.9 cm³/mol. The summed E-state index contributed by atoms with van der Waals surface area (Å²) in [5.41, 5.74) is 6.78. The standard InChI is InChI=1S/C14H19N/c1-10-8-11(2)13-6-5-7-15(4)12(3)14(13)9-10/h8-9H,3,5-7H2,1-2,4H3. The highest BCUT2D eigenvalue weighted by atomic mass is 15.1. The molecular weight excluding hydrogens is 182 g/mol. The molecule has 0 saturated carbocycles. The lowest BCUT2D eigenvalue weighted by molar-refractivity contribution is 0.476. The summed E-state index contributed by atoms with van der Waals surface area (Å²) in [4.78, 5) is 2.27. The predicted octanol–water partition coefficient (Wildman–Crippen LogP) is 3.15. The van der Waals surface area contributed by atoms with E-state index in [0.717, 1.165) is 6.54 Å². The van der Waals surface area contributed by atoms with E-state index in [1.165, 1.54) is 40.8 Å². The van der Waals surface area contributed by atoms with Crippen molar-refractivity contribution in [3.8, 4) is 0 Å². The van der Waals surface area contributed by atoms with Crippen LogP contribution in [-0.2, 0) is 6.42 Å². The molecule has 0 amide bonds. The molecule has 1 aromatic carbocycles. The second kappa shape index (κ2) is 3.73. The minimum Gasteiger partial charge on any atom is -0.375 e. The van der Waals surface area contributed by atoms with Crippen molar-refractivity contribution in [2.45, 2.75) is 26.7 Å². The number of hydrogen-bond acceptors (Lipinski definition) is 1. The number of aryl methyl sites for hydroxylation is 2. The molecule has 0 fully saturated rings. The minimum atomic E-state index is 1.12. The van der Waals surface area contributed by atoms with Gasteiger partial charge in [0.2, 0.25) is 0 Å². The molecule has 0 saturated heterocycles. The molecule has 0 aromatic heterocycles. The molecule has 0 radical (unpaired) electrons. The van der Waals surface area contributed by atoms with E-state index in [1.54, 1.807) is 0 Å².